The Balaban J connectivity index is 0.000000345. The average molecular weight is 2090 g/mol. The Morgan fingerprint density at radius 3 is 1.25 bits per heavy atom. The van der Waals surface area contributed by atoms with Crippen molar-refractivity contribution in [1.29, 1.82) is 0 Å². The molecule has 141 heavy (non-hydrogen) atoms. The summed E-state index contributed by atoms with van der Waals surface area (Å²) < 4.78 is 84.6. The minimum absolute atomic E-state index is 0. The number of halogens is 4. The van der Waals surface area contributed by atoms with Crippen LogP contribution in [0.1, 0.15) is 181 Å². The van der Waals surface area contributed by atoms with E-state index >= 15 is 0 Å². The van der Waals surface area contributed by atoms with Crippen LogP contribution in [-0.2, 0) is 38.1 Å². The van der Waals surface area contributed by atoms with Crippen LogP contribution in [0, 0.1) is 24.0 Å². The van der Waals surface area contributed by atoms with Crippen LogP contribution in [0.15, 0.2) is 244 Å². The summed E-state index contributed by atoms with van der Waals surface area (Å²) in [5.74, 6) is 4.02. The zero-order valence-electron chi connectivity index (χ0n) is 85.3. The number of ether oxygens (including phenoxy) is 9. The van der Waals surface area contributed by atoms with Gasteiger partial charge >= 0.3 is 83.3 Å². The first kappa shape index (κ1) is 121. The number of rotatable bonds is 19. The second kappa shape index (κ2) is 57.3. The van der Waals surface area contributed by atoms with Crippen LogP contribution in [0.25, 0.3) is 24.3 Å². The van der Waals surface area contributed by atoms with Gasteiger partial charge in [-0.25, -0.2) is 24.6 Å². The molecule has 2 atom stereocenters. The van der Waals surface area contributed by atoms with E-state index in [0.29, 0.717) is 45.7 Å². The zero-order chi connectivity index (χ0) is 105. The zero-order valence-corrected chi connectivity index (χ0v) is 91.6. The van der Waals surface area contributed by atoms with Crippen LogP contribution in [0.2, 0.25) is 19.6 Å². The molecule has 2 unspecified atom stereocenters. The first-order valence-electron chi connectivity index (χ1n) is 44.1. The van der Waals surface area contributed by atoms with Crippen molar-refractivity contribution in [3.8, 4) is 34.6 Å². The van der Waals surface area contributed by atoms with E-state index in [1.807, 2.05) is 238 Å². The van der Waals surface area contributed by atoms with Crippen molar-refractivity contribution >= 4 is 140 Å². The summed E-state index contributed by atoms with van der Waals surface area (Å²) in [4.78, 5) is 94.8. The molecule has 0 radical (unpaired) electrons. The fourth-order valence-corrected chi connectivity index (χ4v) is 13.2. The van der Waals surface area contributed by atoms with Crippen molar-refractivity contribution in [2.75, 3.05) is 40.6 Å². The van der Waals surface area contributed by atoms with Gasteiger partial charge in [0.25, 0.3) is 23.6 Å². The van der Waals surface area contributed by atoms with Crippen LogP contribution < -0.4 is 89.9 Å². The Morgan fingerprint density at radius 1 is 0.496 bits per heavy atom. The van der Waals surface area contributed by atoms with Crippen LogP contribution in [0.4, 0.5) is 37.8 Å². The fourth-order valence-electron chi connectivity index (χ4n) is 11.7. The number of imide groups is 2. The average Bonchev–Trinajstić information content (AvgIpc) is 1.68. The number of hydrazone groups is 4. The number of amides is 6. The summed E-state index contributed by atoms with van der Waals surface area (Å²) in [6, 6.07) is 48.3. The third-order valence-corrected chi connectivity index (χ3v) is 20.2. The van der Waals surface area contributed by atoms with Gasteiger partial charge in [-0.1, -0.05) is 141 Å². The number of benzene rings is 6. The number of allylic oxidation sites excluding steroid dienone is 8. The summed E-state index contributed by atoms with van der Waals surface area (Å²) in [5, 5.41) is 27.1. The van der Waals surface area contributed by atoms with Gasteiger partial charge in [-0.05, 0) is 291 Å². The molecule has 6 heterocycles. The molecule has 746 valence electrons. The maximum Gasteiger partial charge on any atom is 1.00 e. The fraction of sp³-hybridized carbons (Fsp3) is 0.327. The van der Waals surface area contributed by atoms with E-state index in [1.165, 1.54) is 31.7 Å². The van der Waals surface area contributed by atoms with Crippen molar-refractivity contribution < 1.29 is 150 Å². The van der Waals surface area contributed by atoms with Crippen LogP contribution in [0.3, 0.4) is 0 Å². The van der Waals surface area contributed by atoms with Crippen LogP contribution >= 0.6 is 22.6 Å². The minimum Gasteiger partial charge on any atom is -0.530 e. The molecule has 6 amide bonds. The third-order valence-electron chi connectivity index (χ3n) is 18.6. The van der Waals surface area contributed by atoms with Gasteiger partial charge in [0.15, 0.2) is 0 Å². The predicted octanol–water partition coefficient (Wildman–Crippen LogP) is 20.4. The van der Waals surface area contributed by atoms with E-state index in [2.05, 4.69) is 110 Å². The molecule has 12 rings (SSSR count). The van der Waals surface area contributed by atoms with E-state index in [9.17, 15) is 51.3 Å². The molecule has 30 nitrogen and oxygen atoms in total. The molecule has 0 bridgehead atoms. The molecule has 0 aliphatic carbocycles. The van der Waals surface area contributed by atoms with Gasteiger partial charge in [-0.3, -0.25) is 38.2 Å². The predicted molar refractivity (Wildman–Crippen MR) is 555 cm³/mol. The molecule has 0 spiro atoms. The number of nitrogens with zero attached hydrogens (tertiary/aromatic N) is 11. The quantitative estimate of drug-likeness (QED) is 0.0258. The van der Waals surface area contributed by atoms with E-state index in [-0.39, 0.29) is 81.4 Å². The minimum atomic E-state index is -3.67. The summed E-state index contributed by atoms with van der Waals surface area (Å²) in [6.45, 7) is 46.2. The number of methoxy groups -OCH3 is 5. The molecule has 37 heteroatoms. The number of para-hydroxylation sites is 1. The third kappa shape index (κ3) is 42.3. The number of carbonyl (C=O) groups is 8. The smallest absolute Gasteiger partial charge is 0.530 e. The second-order valence-corrected chi connectivity index (χ2v) is 41.3. The molecule has 8 aromatic rings. The molecule has 0 saturated heterocycles. The first-order chi connectivity index (χ1) is 65.6. The van der Waals surface area contributed by atoms with Crippen molar-refractivity contribution in [2.24, 2.45) is 20.4 Å². The van der Waals surface area contributed by atoms with E-state index < -0.39 is 68.5 Å². The molecule has 4 aliphatic heterocycles. The van der Waals surface area contributed by atoms with Crippen molar-refractivity contribution in [3.05, 3.63) is 278 Å². The van der Waals surface area contributed by atoms with Gasteiger partial charge < -0.3 is 53.6 Å². The summed E-state index contributed by atoms with van der Waals surface area (Å²) in [6.07, 6.45) is 22.8. The number of aryl methyl sites for hydroxylation is 1. The van der Waals surface area contributed by atoms with Crippen molar-refractivity contribution in [3.63, 3.8) is 0 Å². The standard InChI is InChI=1S/C21H28N2O3.C20H18N2O2.C19H22N2O4.C14H14N2O2.C11H19IN2O3Si.C11H13O.C8H12N2O3.BF3.K/c1-14(17-9-11-18(25-7)12-10-17)8-13-19-15(2)22-23(16(19)3)20(24)26-21(4,5)6;1-15-19(10-6-7-16-11-13-18(24-2)14-12-16)20(23)22(21-15)17-8-4-3-5-9-17;1-13-16(8-6-7-14-9-11-15(24-5)12-10-14)17(22)21(20-13)18(23)25-19(2,3)4;1-10-13(14(17)16-15-10)5-3-4-11-6-8-12(18-2)9-7-11;1-11(2,3)16-10(15)14-9(8(12)7-13-14)17-18(4,5)6;1-4-9(2)10-5-7-11(12-3)8-6-10;1-8(2,3)13-7(12)10-6(11)4-5-9-10;2-1(3)4;/h8-14H,1-7H3;3-14H,1-2H3;6-12H,1-5H3;3-9H,1-2H3,(H,16,17);7H,1-6H3;1,4-9H,2-3H3;5H,4H2,1-3H3;;/q;;;;;-1;;;+1/b13-8+;7-6+,19-10+;7-6+,16-8+;4-3+,13-5+;;;;;. The molecule has 6 aromatic carbocycles. The van der Waals surface area contributed by atoms with Gasteiger partial charge in [0.2, 0.25) is 14.2 Å². The molecule has 4 aliphatic rings. The summed E-state index contributed by atoms with van der Waals surface area (Å²) in [7, 11) is 2.74. The number of aromatic nitrogens is 4. The van der Waals surface area contributed by atoms with Gasteiger partial charge in [0, 0.05) is 11.8 Å². The SMILES string of the molecule is CC(C)(C)OC(=O)N1N=CCC1=O.CC(C)(C)OC(=O)n1ncc(I)c1O[Si](C)(C)C.COc1ccc(/C=C/C=C2/C(=O)N(C(=O)OC(C)(C)C)N=C2C)cc1.COc1ccc(/C=C/C=C2/C(=O)N(c3ccccc3)N=C2C)cc1.COc1ccc(/C=C/C=C2/C(=O)NN=C2C)cc1.COc1ccc(C(C)/C=C/c2c(C)nn(C(=O)OC(C)(C)C)c2C)cc1.FB(F)F.[CH-]=CC(C)c1ccc(OC)cc1.[K+]. The van der Waals surface area contributed by atoms with Crippen LogP contribution in [-0.4, -0.2) is 175 Å². The molecular formula is C104H126BF3IKN12O18Si. The van der Waals surface area contributed by atoms with Crippen molar-refractivity contribution in [2.45, 2.75) is 192 Å². The normalized spacial score (nSPS) is 14.6. The largest absolute Gasteiger partial charge is 1.00 e. The Bertz CT molecular complexity index is 5910. The Labute approximate surface area is 882 Å². The molecular weight excluding hydrogens is 1970 g/mol. The summed E-state index contributed by atoms with van der Waals surface area (Å²) in [5.41, 5.74) is 12.2. The molecule has 1 N–H and O–H groups in total. The maximum atomic E-state index is 12.5. The molecule has 2 aromatic heterocycles. The number of carbonyl (C=O) groups excluding carboxylic acids is 8. The summed E-state index contributed by atoms with van der Waals surface area (Å²) >= 11 is 2.10. The Morgan fingerprint density at radius 2 is 0.872 bits per heavy atom. The number of hydrogen-bond donors (Lipinski definition) is 1. The Kier molecular flexibility index (Phi) is 49.0. The maximum absolute atomic E-state index is 12.5. The van der Waals surface area contributed by atoms with E-state index in [1.54, 1.807) is 128 Å². The number of hydrogen-bond acceptors (Lipinski definition) is 24. The molecule has 0 fully saturated rings. The Hall–Kier alpha value is -12.7. The van der Waals surface area contributed by atoms with Crippen molar-refractivity contribution in [1.82, 2.24) is 35.0 Å². The van der Waals surface area contributed by atoms with E-state index in [0.717, 1.165) is 81.7 Å². The first-order valence-corrected chi connectivity index (χ1v) is 48.6. The monoisotopic (exact) mass is 2090 g/mol. The topological polar surface area (TPSA) is 336 Å². The number of nitrogens with one attached hydrogen (secondary N) is 1. The van der Waals surface area contributed by atoms with Gasteiger partial charge in [-0.2, -0.15) is 40.3 Å². The number of anilines is 1. The van der Waals surface area contributed by atoms with E-state index in [4.69, 9.17) is 53.6 Å². The van der Waals surface area contributed by atoms with Gasteiger partial charge in [0.1, 0.15) is 51.2 Å². The molecule has 0 saturated carbocycles. The van der Waals surface area contributed by atoms with Gasteiger partial charge in [-0.15, -0.1) is 14.7 Å². The van der Waals surface area contributed by atoms with Crippen LogP contribution in [0.5, 0.6) is 34.6 Å². The van der Waals surface area contributed by atoms with Gasteiger partial charge in [0.05, 0.1) is 103 Å². The second-order valence-electron chi connectivity index (χ2n) is 35.7.